The van der Waals surface area contributed by atoms with Crippen molar-refractivity contribution in [3.05, 3.63) is 40.6 Å². The molecule has 8 heteroatoms. The Morgan fingerprint density at radius 3 is 2.80 bits per heavy atom. The largest absolute Gasteiger partial charge is 0.454 e. The number of nitrogens with one attached hydrogen (secondary N) is 1. The highest BCUT2D eigenvalue weighted by Gasteiger charge is 2.31. The van der Waals surface area contributed by atoms with E-state index < -0.39 is 15.1 Å². The van der Waals surface area contributed by atoms with Gasteiger partial charge in [-0.2, -0.15) is 0 Å². The zero-order valence-corrected chi connectivity index (χ0v) is 15.4. The fraction of sp³-hybridized carbons (Fsp3) is 0.353. The number of benzene rings is 1. The quantitative estimate of drug-likeness (QED) is 0.797. The maximum atomic E-state index is 13.2. The molecule has 0 unspecified atom stereocenters. The molecular weight excluding hydrogens is 362 g/mol. The van der Waals surface area contributed by atoms with Crippen LogP contribution in [0.2, 0.25) is 0 Å². The van der Waals surface area contributed by atoms with Crippen molar-refractivity contribution in [3.8, 4) is 11.5 Å². The number of carbonyl (C=O) groups excluding carboxylic acids is 1. The first kappa shape index (κ1) is 17.8. The lowest BCUT2D eigenvalue weighted by molar-refractivity contribution is -0.121. The number of rotatable bonds is 7. The highest BCUT2D eigenvalue weighted by atomic mass is 32.2. The Kier molecular flexibility index (Phi) is 5.29. The summed E-state index contributed by atoms with van der Waals surface area (Å²) in [5.74, 6) is 0.800. The highest BCUT2D eigenvalue weighted by molar-refractivity contribution is 7.91. The number of hydrogen-bond donors (Lipinski definition) is 1. The van der Waals surface area contributed by atoms with E-state index in [2.05, 4.69) is 5.32 Å². The minimum Gasteiger partial charge on any atom is -0.454 e. The zero-order valence-electron chi connectivity index (χ0n) is 13.7. The molecule has 25 heavy (non-hydrogen) atoms. The molecule has 1 aliphatic rings. The van der Waals surface area contributed by atoms with Gasteiger partial charge in [0.05, 0.1) is 4.90 Å². The number of amides is 1. The molecule has 2 aromatic rings. The third kappa shape index (κ3) is 3.80. The monoisotopic (exact) mass is 381 g/mol. The number of fused-ring (bicyclic) bond motifs is 1. The van der Waals surface area contributed by atoms with Crippen molar-refractivity contribution in [1.29, 1.82) is 0 Å². The molecule has 1 aromatic carbocycles. The molecule has 0 saturated heterocycles. The van der Waals surface area contributed by atoms with Gasteiger partial charge in [0.25, 0.3) is 0 Å². The van der Waals surface area contributed by atoms with Gasteiger partial charge in [0.15, 0.2) is 21.3 Å². The molecule has 3 rings (SSSR count). The first-order valence-electron chi connectivity index (χ1n) is 7.96. The van der Waals surface area contributed by atoms with Gasteiger partial charge in [0.2, 0.25) is 12.7 Å². The molecule has 0 fully saturated rings. The molecule has 0 spiro atoms. The second-order valence-electron chi connectivity index (χ2n) is 5.62. The standard InChI is InChI=1S/C17H19NO5S2/c1-2-4-17(19)18-10-16(15-5-3-8-24-15)25(20,21)12-6-7-13-14(9-12)23-11-22-13/h3,5-9,16H,2,4,10-11H2,1H3,(H,18,19)/t16-/m0/s1. The van der Waals surface area contributed by atoms with Gasteiger partial charge in [0.1, 0.15) is 5.25 Å². The third-order valence-corrected chi connectivity index (χ3v) is 7.09. The number of hydrogen-bond acceptors (Lipinski definition) is 6. The summed E-state index contributed by atoms with van der Waals surface area (Å²) in [4.78, 5) is 12.6. The number of thiophene rings is 1. The predicted molar refractivity (Wildman–Crippen MR) is 94.7 cm³/mol. The van der Waals surface area contributed by atoms with Crippen LogP contribution in [0.1, 0.15) is 29.9 Å². The molecule has 1 aromatic heterocycles. The van der Waals surface area contributed by atoms with Crippen LogP contribution in [0.3, 0.4) is 0 Å². The molecule has 0 radical (unpaired) electrons. The van der Waals surface area contributed by atoms with E-state index in [1.165, 1.54) is 23.5 Å². The van der Waals surface area contributed by atoms with E-state index in [9.17, 15) is 13.2 Å². The Balaban J connectivity index is 1.90. The second-order valence-corrected chi connectivity index (χ2v) is 8.73. The van der Waals surface area contributed by atoms with Crippen molar-refractivity contribution >= 4 is 27.1 Å². The van der Waals surface area contributed by atoms with Gasteiger partial charge in [-0.25, -0.2) is 8.42 Å². The average Bonchev–Trinajstić information content (AvgIpc) is 3.26. The number of carbonyl (C=O) groups is 1. The summed E-state index contributed by atoms with van der Waals surface area (Å²) in [6.45, 7) is 2.02. The van der Waals surface area contributed by atoms with Gasteiger partial charge in [-0.15, -0.1) is 11.3 Å². The third-order valence-electron chi connectivity index (χ3n) is 3.87. The van der Waals surface area contributed by atoms with Crippen LogP contribution >= 0.6 is 11.3 Å². The first-order valence-corrected chi connectivity index (χ1v) is 10.4. The van der Waals surface area contributed by atoms with Crippen LogP contribution in [0, 0.1) is 0 Å². The van der Waals surface area contributed by atoms with E-state index in [0.717, 1.165) is 0 Å². The maximum Gasteiger partial charge on any atom is 0.231 e. The fourth-order valence-corrected chi connectivity index (χ4v) is 5.38. The molecule has 2 heterocycles. The van der Waals surface area contributed by atoms with E-state index in [1.807, 2.05) is 12.3 Å². The van der Waals surface area contributed by atoms with Crippen molar-refractivity contribution in [2.75, 3.05) is 13.3 Å². The molecule has 0 aliphatic carbocycles. The molecule has 1 amide bonds. The Bertz CT molecular complexity index is 846. The van der Waals surface area contributed by atoms with Crippen LogP contribution in [0.25, 0.3) is 0 Å². The summed E-state index contributed by atoms with van der Waals surface area (Å²) in [5.41, 5.74) is 0. The van der Waals surface area contributed by atoms with E-state index in [-0.39, 0.29) is 24.1 Å². The predicted octanol–water partition coefficient (Wildman–Crippen LogP) is 2.91. The second kappa shape index (κ2) is 7.45. The van der Waals surface area contributed by atoms with E-state index in [0.29, 0.717) is 29.2 Å². The van der Waals surface area contributed by atoms with Gasteiger partial charge < -0.3 is 14.8 Å². The Morgan fingerprint density at radius 2 is 2.08 bits per heavy atom. The normalized spacial score (nSPS) is 14.3. The summed E-state index contributed by atoms with van der Waals surface area (Å²) >= 11 is 1.36. The van der Waals surface area contributed by atoms with E-state index in [4.69, 9.17) is 9.47 Å². The average molecular weight is 381 g/mol. The van der Waals surface area contributed by atoms with Gasteiger partial charge in [-0.1, -0.05) is 13.0 Å². The van der Waals surface area contributed by atoms with Gasteiger partial charge in [-0.05, 0) is 30.0 Å². The lowest BCUT2D eigenvalue weighted by Gasteiger charge is -2.17. The minimum atomic E-state index is -3.70. The molecule has 134 valence electrons. The molecular formula is C17H19NO5S2. The summed E-state index contributed by atoms with van der Waals surface area (Å²) in [6, 6.07) is 8.15. The Labute approximate surface area is 150 Å². The molecule has 1 aliphatic heterocycles. The topological polar surface area (TPSA) is 81.7 Å². The maximum absolute atomic E-state index is 13.2. The molecule has 0 bridgehead atoms. The lowest BCUT2D eigenvalue weighted by atomic mass is 10.3. The van der Waals surface area contributed by atoms with E-state index in [1.54, 1.807) is 18.2 Å². The van der Waals surface area contributed by atoms with Crippen molar-refractivity contribution < 1.29 is 22.7 Å². The summed E-state index contributed by atoms with van der Waals surface area (Å²) in [7, 11) is -3.70. The lowest BCUT2D eigenvalue weighted by Crippen LogP contribution is -2.31. The van der Waals surface area contributed by atoms with Gasteiger partial charge in [-0.3, -0.25) is 4.79 Å². The molecule has 0 saturated carbocycles. The highest BCUT2D eigenvalue weighted by Crippen LogP contribution is 2.38. The number of ether oxygens (including phenoxy) is 2. The summed E-state index contributed by atoms with van der Waals surface area (Å²) < 4.78 is 36.8. The van der Waals surface area contributed by atoms with Crippen LogP contribution < -0.4 is 14.8 Å². The van der Waals surface area contributed by atoms with Crippen molar-refractivity contribution in [3.63, 3.8) is 0 Å². The van der Waals surface area contributed by atoms with Crippen LogP contribution in [-0.2, 0) is 14.6 Å². The van der Waals surface area contributed by atoms with Crippen molar-refractivity contribution in [2.24, 2.45) is 0 Å². The minimum absolute atomic E-state index is 0.0378. The van der Waals surface area contributed by atoms with Crippen LogP contribution in [0.4, 0.5) is 0 Å². The Morgan fingerprint density at radius 1 is 1.28 bits per heavy atom. The SMILES string of the molecule is CCCC(=O)NC[C@@H](c1cccs1)S(=O)(=O)c1ccc2c(c1)OCO2. The summed E-state index contributed by atoms with van der Waals surface area (Å²) in [6.07, 6.45) is 1.09. The smallest absolute Gasteiger partial charge is 0.231 e. The molecule has 1 N–H and O–H groups in total. The number of sulfone groups is 1. The summed E-state index contributed by atoms with van der Waals surface area (Å²) in [5, 5.41) is 3.72. The van der Waals surface area contributed by atoms with Crippen molar-refractivity contribution in [2.45, 2.75) is 29.9 Å². The zero-order chi connectivity index (χ0) is 17.9. The molecule has 6 nitrogen and oxygen atoms in total. The van der Waals surface area contributed by atoms with Crippen molar-refractivity contribution in [1.82, 2.24) is 5.32 Å². The fourth-order valence-electron chi connectivity index (χ4n) is 2.58. The van der Waals surface area contributed by atoms with Gasteiger partial charge >= 0.3 is 0 Å². The van der Waals surface area contributed by atoms with E-state index >= 15 is 0 Å². The van der Waals surface area contributed by atoms with Crippen LogP contribution in [0.5, 0.6) is 11.5 Å². The first-order chi connectivity index (χ1) is 12.0. The van der Waals surface area contributed by atoms with Gasteiger partial charge in [0, 0.05) is 23.9 Å². The van der Waals surface area contributed by atoms with Crippen LogP contribution in [0.15, 0.2) is 40.6 Å². The van der Waals surface area contributed by atoms with Crippen LogP contribution in [-0.4, -0.2) is 27.7 Å². The molecule has 1 atom stereocenters. The Hall–Kier alpha value is -2.06.